The number of rotatable bonds is 5. The van der Waals surface area contributed by atoms with Crippen LogP contribution in [0.4, 0.5) is 5.69 Å². The lowest BCUT2D eigenvalue weighted by Crippen LogP contribution is -2.20. The Morgan fingerprint density at radius 2 is 2.13 bits per heavy atom. The monoisotopic (exact) mass is 344 g/mol. The lowest BCUT2D eigenvalue weighted by molar-refractivity contribution is -0.118. The molecule has 0 aliphatic carbocycles. The summed E-state index contributed by atoms with van der Waals surface area (Å²) >= 11 is 3.24. The zero-order valence-corrected chi connectivity index (χ0v) is 14.5. The minimum atomic E-state index is -0.179. The fourth-order valence-corrected chi connectivity index (χ4v) is 3.66. The van der Waals surface area contributed by atoms with Gasteiger partial charge >= 0.3 is 0 Å². The van der Waals surface area contributed by atoms with Crippen molar-refractivity contribution in [3.8, 4) is 5.75 Å². The van der Waals surface area contributed by atoms with Gasteiger partial charge in [-0.25, -0.2) is 4.98 Å². The van der Waals surface area contributed by atoms with Gasteiger partial charge in [-0.05, 0) is 43.0 Å². The van der Waals surface area contributed by atoms with E-state index in [4.69, 9.17) is 4.74 Å². The van der Waals surface area contributed by atoms with E-state index in [-0.39, 0.29) is 12.5 Å². The number of aryl methyl sites for hydroxylation is 1. The fourth-order valence-electron chi connectivity index (χ4n) is 2.13. The van der Waals surface area contributed by atoms with Crippen LogP contribution in [0.3, 0.4) is 0 Å². The smallest absolute Gasteiger partial charge is 0.262 e. The summed E-state index contributed by atoms with van der Waals surface area (Å²) in [6, 6.07) is 13.4. The van der Waals surface area contributed by atoms with Crippen molar-refractivity contribution in [1.29, 1.82) is 0 Å². The van der Waals surface area contributed by atoms with Gasteiger partial charge in [0.15, 0.2) is 10.9 Å². The zero-order chi connectivity index (χ0) is 16.2. The molecule has 0 unspecified atom stereocenters. The number of para-hydroxylation sites is 1. The lowest BCUT2D eigenvalue weighted by atomic mass is 10.2. The molecule has 1 heterocycles. The SMILES string of the molecule is CSc1nc2ccc(NC(=O)COc3ccccc3C)cc2s1. The number of aromatic nitrogens is 1. The normalized spacial score (nSPS) is 10.7. The Bertz CT molecular complexity index is 845. The molecule has 0 saturated carbocycles. The number of thiazole rings is 1. The van der Waals surface area contributed by atoms with Crippen molar-refractivity contribution in [2.24, 2.45) is 0 Å². The van der Waals surface area contributed by atoms with E-state index in [1.165, 1.54) is 0 Å². The summed E-state index contributed by atoms with van der Waals surface area (Å²) in [6.07, 6.45) is 2.00. The number of benzene rings is 2. The van der Waals surface area contributed by atoms with Crippen LogP contribution in [0.2, 0.25) is 0 Å². The van der Waals surface area contributed by atoms with Crippen LogP contribution in [0.25, 0.3) is 10.2 Å². The molecule has 0 aliphatic rings. The molecule has 0 aliphatic heterocycles. The summed E-state index contributed by atoms with van der Waals surface area (Å²) in [7, 11) is 0. The highest BCUT2D eigenvalue weighted by Crippen LogP contribution is 2.29. The van der Waals surface area contributed by atoms with E-state index in [9.17, 15) is 4.79 Å². The first-order chi connectivity index (χ1) is 11.2. The molecular weight excluding hydrogens is 328 g/mol. The topological polar surface area (TPSA) is 51.2 Å². The number of nitrogens with zero attached hydrogens (tertiary/aromatic N) is 1. The minimum Gasteiger partial charge on any atom is -0.483 e. The number of fused-ring (bicyclic) bond motifs is 1. The van der Waals surface area contributed by atoms with Gasteiger partial charge in [0, 0.05) is 5.69 Å². The van der Waals surface area contributed by atoms with Crippen molar-refractivity contribution in [2.45, 2.75) is 11.3 Å². The molecule has 118 valence electrons. The second kappa shape index (κ2) is 7.02. The average molecular weight is 344 g/mol. The number of hydrogen-bond acceptors (Lipinski definition) is 5. The van der Waals surface area contributed by atoms with Crippen LogP contribution in [0.1, 0.15) is 5.56 Å². The number of thioether (sulfide) groups is 1. The molecule has 3 rings (SSSR count). The van der Waals surface area contributed by atoms with Crippen molar-refractivity contribution in [2.75, 3.05) is 18.2 Å². The summed E-state index contributed by atoms with van der Waals surface area (Å²) in [4.78, 5) is 16.5. The van der Waals surface area contributed by atoms with Crippen LogP contribution in [0, 0.1) is 6.92 Å². The number of nitrogens with one attached hydrogen (secondary N) is 1. The van der Waals surface area contributed by atoms with E-state index in [1.807, 2.05) is 55.6 Å². The van der Waals surface area contributed by atoms with Gasteiger partial charge in [0.1, 0.15) is 5.75 Å². The number of hydrogen-bond donors (Lipinski definition) is 1. The third kappa shape index (κ3) is 3.83. The van der Waals surface area contributed by atoms with E-state index in [1.54, 1.807) is 23.1 Å². The molecule has 0 bridgehead atoms. The molecule has 0 spiro atoms. The van der Waals surface area contributed by atoms with E-state index in [0.29, 0.717) is 0 Å². The Morgan fingerprint density at radius 1 is 1.30 bits per heavy atom. The van der Waals surface area contributed by atoms with Crippen molar-refractivity contribution in [3.05, 3.63) is 48.0 Å². The quantitative estimate of drug-likeness (QED) is 0.699. The first kappa shape index (κ1) is 15.8. The van der Waals surface area contributed by atoms with Crippen LogP contribution < -0.4 is 10.1 Å². The van der Waals surface area contributed by atoms with E-state index < -0.39 is 0 Å². The maximum atomic E-state index is 12.0. The first-order valence-corrected chi connectivity index (χ1v) is 9.12. The van der Waals surface area contributed by atoms with Crippen molar-refractivity contribution in [1.82, 2.24) is 4.98 Å². The second-order valence-electron chi connectivity index (χ2n) is 4.97. The summed E-state index contributed by atoms with van der Waals surface area (Å²) in [6.45, 7) is 1.94. The Kier molecular flexibility index (Phi) is 4.83. The summed E-state index contributed by atoms with van der Waals surface area (Å²) in [5.74, 6) is 0.548. The van der Waals surface area contributed by atoms with Gasteiger partial charge in [-0.3, -0.25) is 4.79 Å². The number of amides is 1. The molecule has 6 heteroatoms. The summed E-state index contributed by atoms with van der Waals surface area (Å²) < 4.78 is 7.64. The van der Waals surface area contributed by atoms with Crippen LogP contribution >= 0.6 is 23.1 Å². The van der Waals surface area contributed by atoms with Crippen LogP contribution in [-0.2, 0) is 4.79 Å². The fraction of sp³-hybridized carbons (Fsp3) is 0.176. The third-order valence-electron chi connectivity index (χ3n) is 3.28. The highest BCUT2D eigenvalue weighted by molar-refractivity contribution is 8.00. The van der Waals surface area contributed by atoms with Gasteiger partial charge in [-0.15, -0.1) is 11.3 Å². The molecule has 23 heavy (non-hydrogen) atoms. The standard InChI is InChI=1S/C17H16N2O2S2/c1-11-5-3-4-6-14(11)21-10-16(20)18-12-7-8-13-15(9-12)23-17(19-13)22-2/h3-9H,10H2,1-2H3,(H,18,20). The van der Waals surface area contributed by atoms with Gasteiger partial charge < -0.3 is 10.1 Å². The van der Waals surface area contributed by atoms with E-state index in [2.05, 4.69) is 10.3 Å². The molecular formula is C17H16N2O2S2. The maximum Gasteiger partial charge on any atom is 0.262 e. The predicted octanol–water partition coefficient (Wildman–Crippen LogP) is 4.34. The average Bonchev–Trinajstić information content (AvgIpc) is 2.96. The minimum absolute atomic E-state index is 0.0123. The highest BCUT2D eigenvalue weighted by Gasteiger charge is 2.08. The second-order valence-corrected chi connectivity index (χ2v) is 7.05. The van der Waals surface area contributed by atoms with Crippen LogP contribution in [0.5, 0.6) is 5.75 Å². The summed E-state index contributed by atoms with van der Waals surface area (Å²) in [5, 5.41) is 2.86. The van der Waals surface area contributed by atoms with Gasteiger partial charge in [-0.2, -0.15) is 0 Å². The largest absolute Gasteiger partial charge is 0.483 e. The molecule has 2 aromatic carbocycles. The number of carbonyl (C=O) groups is 1. The van der Waals surface area contributed by atoms with Gasteiger partial charge in [0.05, 0.1) is 10.2 Å². The van der Waals surface area contributed by atoms with E-state index in [0.717, 1.165) is 31.6 Å². The van der Waals surface area contributed by atoms with Crippen molar-refractivity contribution < 1.29 is 9.53 Å². The molecule has 1 aromatic heterocycles. The van der Waals surface area contributed by atoms with Gasteiger partial charge in [0.25, 0.3) is 5.91 Å². The summed E-state index contributed by atoms with van der Waals surface area (Å²) in [5.41, 5.74) is 2.72. The van der Waals surface area contributed by atoms with Crippen molar-refractivity contribution >= 4 is 44.9 Å². The Labute approximate surface area is 142 Å². The number of ether oxygens (including phenoxy) is 1. The Balaban J connectivity index is 1.64. The maximum absolute atomic E-state index is 12.0. The van der Waals surface area contributed by atoms with E-state index >= 15 is 0 Å². The van der Waals surface area contributed by atoms with Crippen LogP contribution in [0.15, 0.2) is 46.8 Å². The highest BCUT2D eigenvalue weighted by atomic mass is 32.2. The number of anilines is 1. The molecule has 1 N–H and O–H groups in total. The Morgan fingerprint density at radius 3 is 2.91 bits per heavy atom. The lowest BCUT2D eigenvalue weighted by Gasteiger charge is -2.09. The Hall–Kier alpha value is -2.05. The molecule has 0 radical (unpaired) electrons. The molecule has 0 saturated heterocycles. The van der Waals surface area contributed by atoms with Crippen LogP contribution in [-0.4, -0.2) is 23.8 Å². The molecule has 4 nitrogen and oxygen atoms in total. The van der Waals surface area contributed by atoms with Crippen molar-refractivity contribution in [3.63, 3.8) is 0 Å². The first-order valence-electron chi connectivity index (χ1n) is 7.08. The molecule has 3 aromatic rings. The molecule has 1 amide bonds. The third-order valence-corrected chi connectivity index (χ3v) is 5.28. The molecule has 0 fully saturated rings. The predicted molar refractivity (Wildman–Crippen MR) is 96.7 cm³/mol. The van der Waals surface area contributed by atoms with Gasteiger partial charge in [0.2, 0.25) is 0 Å². The zero-order valence-electron chi connectivity index (χ0n) is 12.8. The number of carbonyl (C=O) groups excluding carboxylic acids is 1. The van der Waals surface area contributed by atoms with Gasteiger partial charge in [-0.1, -0.05) is 30.0 Å². The molecule has 0 atom stereocenters.